The van der Waals surface area contributed by atoms with E-state index in [0.29, 0.717) is 5.56 Å². The van der Waals surface area contributed by atoms with E-state index < -0.39 is 53.8 Å². The van der Waals surface area contributed by atoms with Crippen molar-refractivity contribution in [2.24, 2.45) is 11.5 Å². The zero-order chi connectivity index (χ0) is 29.9. The minimum Gasteiger partial charge on any atom is -0.480 e. The van der Waals surface area contributed by atoms with Crippen LogP contribution in [0.3, 0.4) is 0 Å². The maximum Gasteiger partial charge on any atom is 0.326 e. The van der Waals surface area contributed by atoms with E-state index in [1.165, 1.54) is 0 Å². The number of carboxylic acid groups (broad SMARTS) is 1. The Labute approximate surface area is 242 Å². The molecule has 3 aromatic rings. The maximum absolute atomic E-state index is 13.3. The lowest BCUT2D eigenvalue weighted by Crippen LogP contribution is -2.58. The average molecular weight is 583 g/mol. The van der Waals surface area contributed by atoms with E-state index >= 15 is 0 Å². The minimum atomic E-state index is -1.27. The number of aliphatic carboxylic acids is 1. The summed E-state index contributed by atoms with van der Waals surface area (Å²) in [6, 6.07) is 11.6. The lowest BCUT2D eigenvalue weighted by atomic mass is 10.0. The predicted molar refractivity (Wildman–Crippen MR) is 156 cm³/mol. The van der Waals surface area contributed by atoms with Gasteiger partial charge in [-0.3, -0.25) is 19.2 Å². The van der Waals surface area contributed by atoms with Crippen LogP contribution in [0.1, 0.15) is 24.0 Å². The Morgan fingerprint density at radius 3 is 2.10 bits per heavy atom. The van der Waals surface area contributed by atoms with Crippen LogP contribution in [0.5, 0.6) is 0 Å². The smallest absolute Gasteiger partial charge is 0.326 e. The summed E-state index contributed by atoms with van der Waals surface area (Å²) in [4.78, 5) is 65.2. The molecule has 1 heterocycles. The molecular formula is C28H34N6O6S. The maximum atomic E-state index is 13.3. The number of carbonyl (C=O) groups is 5. The molecule has 0 bridgehead atoms. The number of carboxylic acids is 1. The van der Waals surface area contributed by atoms with Crippen molar-refractivity contribution in [3.63, 3.8) is 0 Å². The summed E-state index contributed by atoms with van der Waals surface area (Å²) in [7, 11) is 0. The number of rotatable bonds is 15. The molecule has 4 unspecified atom stereocenters. The fourth-order valence-corrected chi connectivity index (χ4v) is 4.48. The molecule has 0 saturated carbocycles. The van der Waals surface area contributed by atoms with Crippen molar-refractivity contribution in [2.75, 3.05) is 5.75 Å². The van der Waals surface area contributed by atoms with Crippen molar-refractivity contribution < 1.29 is 29.1 Å². The molecule has 12 nitrogen and oxygen atoms in total. The number of nitrogens with two attached hydrogens (primary N) is 2. The first-order chi connectivity index (χ1) is 19.6. The van der Waals surface area contributed by atoms with Gasteiger partial charge in [0, 0.05) is 42.1 Å². The van der Waals surface area contributed by atoms with Crippen molar-refractivity contribution in [1.29, 1.82) is 0 Å². The molecule has 41 heavy (non-hydrogen) atoms. The van der Waals surface area contributed by atoms with Gasteiger partial charge in [0.1, 0.15) is 18.1 Å². The van der Waals surface area contributed by atoms with E-state index in [-0.39, 0.29) is 31.4 Å². The van der Waals surface area contributed by atoms with E-state index in [2.05, 4.69) is 33.6 Å². The first kappa shape index (κ1) is 31.2. The summed E-state index contributed by atoms with van der Waals surface area (Å²) >= 11 is 4.18. The molecule has 0 aliphatic heterocycles. The third-order valence-electron chi connectivity index (χ3n) is 6.48. The highest BCUT2D eigenvalue weighted by Crippen LogP contribution is 2.19. The monoisotopic (exact) mass is 582 g/mol. The largest absolute Gasteiger partial charge is 0.480 e. The number of aromatic amines is 1. The third-order valence-corrected chi connectivity index (χ3v) is 6.85. The van der Waals surface area contributed by atoms with Crippen molar-refractivity contribution in [3.05, 3.63) is 71.9 Å². The molecule has 4 amide bonds. The number of nitrogens with one attached hydrogen (secondary N) is 4. The predicted octanol–water partition coefficient (Wildman–Crippen LogP) is 0.0147. The van der Waals surface area contributed by atoms with Crippen LogP contribution in [0.15, 0.2) is 60.8 Å². The first-order valence-electron chi connectivity index (χ1n) is 13.0. The van der Waals surface area contributed by atoms with Crippen molar-refractivity contribution >= 4 is 53.1 Å². The minimum absolute atomic E-state index is 0.00444. The SMILES string of the molecule is NC(=O)CCC(N)C(=O)NC(Cc1ccccc1)C(=O)NC(CS)C(=O)NC(Cc1c[nH]c2ccccc12)C(=O)O. The molecular weight excluding hydrogens is 548 g/mol. The van der Waals surface area contributed by atoms with Gasteiger partial charge in [0.2, 0.25) is 23.6 Å². The molecule has 0 radical (unpaired) electrons. The first-order valence-corrected chi connectivity index (χ1v) is 13.6. The van der Waals surface area contributed by atoms with Gasteiger partial charge in [-0.05, 0) is 23.6 Å². The molecule has 13 heteroatoms. The number of amides is 4. The van der Waals surface area contributed by atoms with Gasteiger partial charge in [-0.25, -0.2) is 4.79 Å². The molecule has 1 aromatic heterocycles. The summed E-state index contributed by atoms with van der Waals surface area (Å²) in [5.41, 5.74) is 13.3. The highest BCUT2D eigenvalue weighted by molar-refractivity contribution is 7.80. The zero-order valence-electron chi connectivity index (χ0n) is 22.2. The summed E-state index contributed by atoms with van der Waals surface area (Å²) < 4.78 is 0. The van der Waals surface area contributed by atoms with Crippen LogP contribution in [-0.4, -0.2) is 69.6 Å². The van der Waals surface area contributed by atoms with E-state index in [4.69, 9.17) is 11.5 Å². The van der Waals surface area contributed by atoms with Gasteiger partial charge in [0.25, 0.3) is 0 Å². The normalized spacial score (nSPS) is 13.9. The van der Waals surface area contributed by atoms with Crippen LogP contribution in [-0.2, 0) is 36.8 Å². The Balaban J connectivity index is 1.70. The molecule has 218 valence electrons. The number of aromatic nitrogens is 1. The number of benzene rings is 2. The van der Waals surface area contributed by atoms with E-state index in [9.17, 15) is 29.1 Å². The Morgan fingerprint density at radius 1 is 0.829 bits per heavy atom. The van der Waals surface area contributed by atoms with Gasteiger partial charge in [-0.2, -0.15) is 12.6 Å². The molecule has 0 saturated heterocycles. The van der Waals surface area contributed by atoms with E-state index in [1.54, 1.807) is 36.5 Å². The molecule has 2 aromatic carbocycles. The molecule has 0 aliphatic rings. The molecule has 9 N–H and O–H groups in total. The van der Waals surface area contributed by atoms with Crippen molar-refractivity contribution in [2.45, 2.75) is 49.9 Å². The number of thiol groups is 1. The van der Waals surface area contributed by atoms with Gasteiger partial charge >= 0.3 is 5.97 Å². The van der Waals surface area contributed by atoms with Crippen LogP contribution in [0, 0.1) is 0 Å². The van der Waals surface area contributed by atoms with Gasteiger partial charge in [-0.15, -0.1) is 0 Å². The zero-order valence-corrected chi connectivity index (χ0v) is 23.1. The lowest BCUT2D eigenvalue weighted by molar-refractivity contribution is -0.142. The standard InChI is InChI=1S/C28H34N6O6S/c29-19(10-11-24(30)35)25(36)32-21(12-16-6-2-1-3-7-16)26(37)34-23(15-41)27(38)33-22(28(39)40)13-17-14-31-20-9-5-4-8-18(17)20/h1-9,14,19,21-23,31,41H,10-13,15,29H2,(H2,30,35)(H,32,36)(H,33,38)(H,34,37)(H,39,40). The topological polar surface area (TPSA) is 209 Å². The summed E-state index contributed by atoms with van der Waals surface area (Å²) in [6.07, 6.45) is 1.68. The number of H-pyrrole nitrogens is 1. The number of fused-ring (bicyclic) bond motifs is 1. The molecule has 4 atom stereocenters. The van der Waals surface area contributed by atoms with Crippen molar-refractivity contribution in [3.8, 4) is 0 Å². The number of carbonyl (C=O) groups excluding carboxylic acids is 4. The number of primary amides is 1. The Kier molecular flexibility index (Phi) is 11.3. The van der Waals surface area contributed by atoms with Crippen LogP contribution in [0.2, 0.25) is 0 Å². The lowest BCUT2D eigenvalue weighted by Gasteiger charge is -2.24. The molecule has 3 rings (SSSR count). The third kappa shape index (κ3) is 9.08. The highest BCUT2D eigenvalue weighted by Gasteiger charge is 2.30. The number of para-hydroxylation sites is 1. The van der Waals surface area contributed by atoms with Crippen molar-refractivity contribution in [1.82, 2.24) is 20.9 Å². The van der Waals surface area contributed by atoms with Crippen LogP contribution in [0.4, 0.5) is 0 Å². The van der Waals surface area contributed by atoms with Crippen LogP contribution in [0.25, 0.3) is 10.9 Å². The van der Waals surface area contributed by atoms with Gasteiger partial charge in [0.05, 0.1) is 6.04 Å². The van der Waals surface area contributed by atoms with Gasteiger partial charge in [-0.1, -0.05) is 48.5 Å². The quantitative estimate of drug-likeness (QED) is 0.115. The van der Waals surface area contributed by atoms with Gasteiger partial charge in [0.15, 0.2) is 0 Å². The number of hydrogen-bond donors (Lipinski definition) is 8. The second kappa shape index (κ2) is 14.9. The number of hydrogen-bond acceptors (Lipinski definition) is 7. The molecule has 0 aliphatic carbocycles. The van der Waals surface area contributed by atoms with Gasteiger partial charge < -0.3 is 37.5 Å². The summed E-state index contributed by atoms with van der Waals surface area (Å²) in [5, 5.41) is 18.2. The second-order valence-electron chi connectivity index (χ2n) is 9.57. The average Bonchev–Trinajstić information content (AvgIpc) is 3.36. The van der Waals surface area contributed by atoms with E-state index in [0.717, 1.165) is 16.5 Å². The second-order valence-corrected chi connectivity index (χ2v) is 9.93. The Hall–Kier alpha value is -4.36. The fraction of sp³-hybridized carbons (Fsp3) is 0.321. The van der Waals surface area contributed by atoms with Crippen LogP contribution < -0.4 is 27.4 Å². The highest BCUT2D eigenvalue weighted by atomic mass is 32.1. The molecule has 0 fully saturated rings. The summed E-state index contributed by atoms with van der Waals surface area (Å²) in [6.45, 7) is 0. The van der Waals surface area contributed by atoms with E-state index in [1.807, 2.05) is 24.3 Å². The fourth-order valence-electron chi connectivity index (χ4n) is 4.23. The summed E-state index contributed by atoms with van der Waals surface area (Å²) in [5.74, 6) is -4.10. The molecule has 0 spiro atoms. The Bertz CT molecular complexity index is 1380. The van der Waals surface area contributed by atoms with Crippen LogP contribution >= 0.6 is 12.6 Å². The Morgan fingerprint density at radius 2 is 1.44 bits per heavy atom.